The SMILES string of the molecule is CCN(CC(=O)N(CC)Cc1cccc(F)c1)Cc1c(F)cccc1F. The Balaban J connectivity index is 2.04. The molecule has 0 aliphatic carbocycles. The highest BCUT2D eigenvalue weighted by atomic mass is 19.1. The number of nitrogens with zero attached hydrogens (tertiary/aromatic N) is 2. The lowest BCUT2D eigenvalue weighted by atomic mass is 10.1. The van der Waals surface area contributed by atoms with Crippen LogP contribution < -0.4 is 0 Å². The molecular formula is C20H23F3N2O. The first-order chi connectivity index (χ1) is 12.4. The summed E-state index contributed by atoms with van der Waals surface area (Å²) in [5, 5.41) is 0. The number of benzene rings is 2. The van der Waals surface area contributed by atoms with Crippen molar-refractivity contribution in [3.05, 3.63) is 71.0 Å². The summed E-state index contributed by atoms with van der Waals surface area (Å²) in [6, 6.07) is 9.82. The van der Waals surface area contributed by atoms with E-state index in [1.807, 2.05) is 13.8 Å². The number of likely N-dealkylation sites (N-methyl/N-ethyl adjacent to an activating group) is 2. The molecular weight excluding hydrogens is 341 g/mol. The molecule has 26 heavy (non-hydrogen) atoms. The topological polar surface area (TPSA) is 23.6 Å². The lowest BCUT2D eigenvalue weighted by molar-refractivity contribution is -0.133. The summed E-state index contributed by atoms with van der Waals surface area (Å²) in [7, 11) is 0. The number of hydrogen-bond donors (Lipinski definition) is 0. The van der Waals surface area contributed by atoms with E-state index in [9.17, 15) is 18.0 Å². The quantitative estimate of drug-likeness (QED) is 0.708. The van der Waals surface area contributed by atoms with Gasteiger partial charge in [-0.1, -0.05) is 25.1 Å². The van der Waals surface area contributed by atoms with Gasteiger partial charge in [-0.3, -0.25) is 9.69 Å². The molecule has 140 valence electrons. The maximum Gasteiger partial charge on any atom is 0.237 e. The predicted molar refractivity (Wildman–Crippen MR) is 94.8 cm³/mol. The summed E-state index contributed by atoms with van der Waals surface area (Å²) >= 11 is 0. The Kier molecular flexibility index (Phi) is 7.21. The van der Waals surface area contributed by atoms with Gasteiger partial charge in [-0.25, -0.2) is 13.2 Å². The molecule has 2 rings (SSSR count). The molecule has 0 aromatic heterocycles. The first-order valence-electron chi connectivity index (χ1n) is 8.62. The summed E-state index contributed by atoms with van der Waals surface area (Å²) in [6.45, 7) is 4.93. The molecule has 0 fully saturated rings. The number of halogens is 3. The third-order valence-electron chi connectivity index (χ3n) is 4.25. The Morgan fingerprint density at radius 3 is 2.15 bits per heavy atom. The van der Waals surface area contributed by atoms with Crippen molar-refractivity contribution in [3.8, 4) is 0 Å². The fourth-order valence-corrected chi connectivity index (χ4v) is 2.71. The van der Waals surface area contributed by atoms with Crippen LogP contribution in [0.1, 0.15) is 25.0 Å². The predicted octanol–water partition coefficient (Wildman–Crippen LogP) is 3.97. The lowest BCUT2D eigenvalue weighted by Gasteiger charge is -2.26. The van der Waals surface area contributed by atoms with Crippen molar-refractivity contribution in [2.24, 2.45) is 0 Å². The van der Waals surface area contributed by atoms with Crippen molar-refractivity contribution < 1.29 is 18.0 Å². The number of carbonyl (C=O) groups is 1. The van der Waals surface area contributed by atoms with E-state index in [1.54, 1.807) is 21.9 Å². The molecule has 0 unspecified atom stereocenters. The molecule has 0 saturated heterocycles. The highest BCUT2D eigenvalue weighted by Crippen LogP contribution is 2.15. The molecule has 0 bridgehead atoms. The minimum absolute atomic E-state index is 0.0122. The van der Waals surface area contributed by atoms with E-state index in [1.165, 1.54) is 30.3 Å². The van der Waals surface area contributed by atoms with Gasteiger partial charge in [0.25, 0.3) is 0 Å². The minimum atomic E-state index is -0.622. The zero-order valence-electron chi connectivity index (χ0n) is 15.0. The van der Waals surface area contributed by atoms with Crippen LogP contribution in [-0.2, 0) is 17.9 Å². The first kappa shape index (κ1) is 20.0. The molecule has 0 N–H and O–H groups in total. The molecule has 0 aliphatic rings. The molecule has 0 atom stereocenters. The second-order valence-corrected chi connectivity index (χ2v) is 6.04. The molecule has 0 aliphatic heterocycles. The summed E-state index contributed by atoms with van der Waals surface area (Å²) < 4.78 is 41.0. The van der Waals surface area contributed by atoms with Crippen molar-refractivity contribution in [3.63, 3.8) is 0 Å². The van der Waals surface area contributed by atoms with Gasteiger partial charge >= 0.3 is 0 Å². The van der Waals surface area contributed by atoms with E-state index in [0.717, 1.165) is 0 Å². The number of carbonyl (C=O) groups excluding carboxylic acids is 1. The smallest absolute Gasteiger partial charge is 0.237 e. The zero-order chi connectivity index (χ0) is 19.1. The van der Waals surface area contributed by atoms with Crippen LogP contribution in [0, 0.1) is 17.5 Å². The van der Waals surface area contributed by atoms with Gasteiger partial charge < -0.3 is 4.90 Å². The average molecular weight is 364 g/mol. The van der Waals surface area contributed by atoms with Gasteiger partial charge in [0.1, 0.15) is 17.5 Å². The van der Waals surface area contributed by atoms with Crippen molar-refractivity contribution in [2.75, 3.05) is 19.6 Å². The highest BCUT2D eigenvalue weighted by Gasteiger charge is 2.18. The average Bonchev–Trinajstić information content (AvgIpc) is 2.61. The van der Waals surface area contributed by atoms with Crippen LogP contribution in [0.25, 0.3) is 0 Å². The van der Waals surface area contributed by atoms with Crippen LogP contribution in [0.4, 0.5) is 13.2 Å². The lowest BCUT2D eigenvalue weighted by Crippen LogP contribution is -2.40. The van der Waals surface area contributed by atoms with Gasteiger partial charge in [-0.15, -0.1) is 0 Å². The van der Waals surface area contributed by atoms with Crippen molar-refractivity contribution in [2.45, 2.75) is 26.9 Å². The fraction of sp³-hybridized carbons (Fsp3) is 0.350. The van der Waals surface area contributed by atoms with Gasteiger partial charge in [0, 0.05) is 25.2 Å². The van der Waals surface area contributed by atoms with Crippen molar-refractivity contribution >= 4 is 5.91 Å². The second kappa shape index (κ2) is 9.38. The Bertz CT molecular complexity index is 731. The second-order valence-electron chi connectivity index (χ2n) is 6.04. The van der Waals surface area contributed by atoms with E-state index in [4.69, 9.17) is 0 Å². The molecule has 0 radical (unpaired) electrons. The Morgan fingerprint density at radius 1 is 0.923 bits per heavy atom. The van der Waals surface area contributed by atoms with Crippen LogP contribution in [0.15, 0.2) is 42.5 Å². The van der Waals surface area contributed by atoms with Gasteiger partial charge in [-0.2, -0.15) is 0 Å². The summed E-state index contributed by atoms with van der Waals surface area (Å²) in [4.78, 5) is 15.9. The van der Waals surface area contributed by atoms with Crippen molar-refractivity contribution in [1.29, 1.82) is 0 Å². The normalized spacial score (nSPS) is 11.0. The van der Waals surface area contributed by atoms with Gasteiger partial charge in [0.05, 0.1) is 6.54 Å². The Morgan fingerprint density at radius 2 is 1.58 bits per heavy atom. The van der Waals surface area contributed by atoms with Gasteiger partial charge in [0.15, 0.2) is 0 Å². The van der Waals surface area contributed by atoms with Crippen LogP contribution in [0.2, 0.25) is 0 Å². The molecule has 2 aromatic rings. The van der Waals surface area contributed by atoms with Crippen LogP contribution in [0.3, 0.4) is 0 Å². The highest BCUT2D eigenvalue weighted by molar-refractivity contribution is 5.78. The van der Waals surface area contributed by atoms with Crippen LogP contribution in [-0.4, -0.2) is 35.3 Å². The number of amides is 1. The van der Waals surface area contributed by atoms with E-state index in [0.29, 0.717) is 25.2 Å². The third-order valence-corrected chi connectivity index (χ3v) is 4.25. The Hall–Kier alpha value is -2.34. The molecule has 1 amide bonds. The fourth-order valence-electron chi connectivity index (χ4n) is 2.71. The van der Waals surface area contributed by atoms with E-state index < -0.39 is 11.6 Å². The Labute approximate surface area is 152 Å². The standard InChI is InChI=1S/C20H23F3N2O/c1-3-24(13-17-18(22)9-6-10-19(17)23)14-20(26)25(4-2)12-15-7-5-8-16(21)11-15/h5-11H,3-4,12-14H2,1-2H3. The maximum atomic E-state index is 13.8. The molecule has 0 spiro atoms. The molecule has 6 heteroatoms. The maximum absolute atomic E-state index is 13.8. The first-order valence-corrected chi connectivity index (χ1v) is 8.62. The molecule has 2 aromatic carbocycles. The van der Waals surface area contributed by atoms with E-state index in [2.05, 4.69) is 0 Å². The largest absolute Gasteiger partial charge is 0.338 e. The number of hydrogen-bond acceptors (Lipinski definition) is 2. The monoisotopic (exact) mass is 364 g/mol. The summed E-state index contributed by atoms with van der Waals surface area (Å²) in [5.74, 6) is -1.77. The third kappa shape index (κ3) is 5.33. The van der Waals surface area contributed by atoms with Crippen LogP contribution in [0.5, 0.6) is 0 Å². The van der Waals surface area contributed by atoms with E-state index >= 15 is 0 Å². The van der Waals surface area contributed by atoms with E-state index in [-0.39, 0.29) is 30.4 Å². The van der Waals surface area contributed by atoms with Gasteiger partial charge in [-0.05, 0) is 43.3 Å². The van der Waals surface area contributed by atoms with Gasteiger partial charge in [0.2, 0.25) is 5.91 Å². The van der Waals surface area contributed by atoms with Crippen LogP contribution >= 0.6 is 0 Å². The number of rotatable bonds is 8. The molecule has 3 nitrogen and oxygen atoms in total. The summed E-state index contributed by atoms with van der Waals surface area (Å²) in [5.41, 5.74) is 0.652. The zero-order valence-corrected chi connectivity index (χ0v) is 15.0. The molecule has 0 saturated carbocycles. The molecule has 0 heterocycles. The van der Waals surface area contributed by atoms with Crippen molar-refractivity contribution in [1.82, 2.24) is 9.80 Å². The minimum Gasteiger partial charge on any atom is -0.338 e. The summed E-state index contributed by atoms with van der Waals surface area (Å²) in [6.07, 6.45) is 0.